The highest BCUT2D eigenvalue weighted by Gasteiger charge is 2.17. The lowest BCUT2D eigenvalue weighted by molar-refractivity contribution is 0.0957. The van der Waals surface area contributed by atoms with Crippen molar-refractivity contribution >= 4 is 28.2 Å². The summed E-state index contributed by atoms with van der Waals surface area (Å²) < 4.78 is 0. The largest absolute Gasteiger partial charge is 0.354 e. The molecule has 3 aromatic rings. The molecule has 28 heavy (non-hydrogen) atoms. The Kier molecular flexibility index (Phi) is 6.09. The number of aromatic nitrogens is 1. The molecule has 0 unspecified atom stereocenters. The maximum absolute atomic E-state index is 12.9. The lowest BCUT2D eigenvalue weighted by Gasteiger charge is -2.17. The summed E-state index contributed by atoms with van der Waals surface area (Å²) in [6.07, 6.45) is 3.46. The van der Waals surface area contributed by atoms with Gasteiger partial charge in [0.15, 0.2) is 0 Å². The minimum absolute atomic E-state index is 0.157. The van der Waals surface area contributed by atoms with Crippen LogP contribution < -0.4 is 10.6 Å². The number of pyridine rings is 1. The third kappa shape index (κ3) is 4.06. The molecule has 0 aliphatic carbocycles. The molecule has 0 saturated carbocycles. The van der Waals surface area contributed by atoms with Crippen LogP contribution in [0.25, 0.3) is 10.9 Å². The summed E-state index contributed by atoms with van der Waals surface area (Å²) in [6.45, 7) is 10.4. The Morgan fingerprint density at radius 3 is 2.46 bits per heavy atom. The number of carbonyl (C=O) groups excluding carboxylic acids is 1. The molecular weight excluding hydrogens is 346 g/mol. The molecule has 0 saturated heterocycles. The Balaban J connectivity index is 2.16. The lowest BCUT2D eigenvalue weighted by atomic mass is 10.0. The second-order valence-electron chi connectivity index (χ2n) is 6.99. The van der Waals surface area contributed by atoms with Crippen LogP contribution in [0.2, 0.25) is 0 Å². The van der Waals surface area contributed by atoms with Gasteiger partial charge in [-0.05, 0) is 37.0 Å². The zero-order valence-corrected chi connectivity index (χ0v) is 16.8. The number of anilines is 2. The molecule has 0 spiro atoms. The van der Waals surface area contributed by atoms with E-state index in [4.69, 9.17) is 0 Å². The van der Waals surface area contributed by atoms with Crippen LogP contribution in [0.4, 0.5) is 11.4 Å². The van der Waals surface area contributed by atoms with Crippen molar-refractivity contribution in [3.8, 4) is 0 Å². The first kappa shape index (κ1) is 19.6. The first-order valence-corrected chi connectivity index (χ1v) is 9.73. The van der Waals surface area contributed by atoms with Gasteiger partial charge in [0.05, 0.1) is 16.8 Å². The van der Waals surface area contributed by atoms with Gasteiger partial charge in [0.1, 0.15) is 0 Å². The molecule has 1 heterocycles. The van der Waals surface area contributed by atoms with E-state index in [1.165, 1.54) is 11.1 Å². The standard InChI is InChI=1S/C24H27N3O/c1-5-17-10-7-8-13-21(17)27-23-19-12-9-11-18(6-2)22(19)25-15-20(23)24(28)26-14-16(3)4/h7-13,15H,3,5-6,14H2,1-2,4H3,(H,25,27)(H,26,28). The highest BCUT2D eigenvalue weighted by atomic mass is 16.1. The smallest absolute Gasteiger partial charge is 0.255 e. The lowest BCUT2D eigenvalue weighted by Crippen LogP contribution is -2.26. The first-order chi connectivity index (χ1) is 13.5. The molecule has 4 nitrogen and oxygen atoms in total. The molecule has 1 aromatic heterocycles. The van der Waals surface area contributed by atoms with E-state index in [1.807, 2.05) is 37.3 Å². The summed E-state index contributed by atoms with van der Waals surface area (Å²) in [7, 11) is 0. The molecule has 0 aliphatic heterocycles. The van der Waals surface area contributed by atoms with E-state index in [9.17, 15) is 4.79 Å². The minimum atomic E-state index is -0.157. The van der Waals surface area contributed by atoms with Gasteiger partial charge in [-0.1, -0.05) is 62.4 Å². The average Bonchev–Trinajstić information content (AvgIpc) is 2.72. The SMILES string of the molecule is C=C(C)CNC(=O)c1cnc2c(CC)cccc2c1Nc1ccccc1CC. The van der Waals surface area contributed by atoms with Gasteiger partial charge in [-0.2, -0.15) is 0 Å². The van der Waals surface area contributed by atoms with E-state index >= 15 is 0 Å². The fraction of sp³-hybridized carbons (Fsp3) is 0.250. The molecule has 0 atom stereocenters. The van der Waals surface area contributed by atoms with Crippen LogP contribution in [0.5, 0.6) is 0 Å². The van der Waals surface area contributed by atoms with Crippen LogP contribution in [-0.2, 0) is 12.8 Å². The number of amides is 1. The Bertz CT molecular complexity index is 1020. The van der Waals surface area contributed by atoms with Crippen LogP contribution in [0, 0.1) is 0 Å². The summed E-state index contributed by atoms with van der Waals surface area (Å²) in [5.41, 5.74) is 6.53. The zero-order valence-electron chi connectivity index (χ0n) is 16.8. The predicted molar refractivity (Wildman–Crippen MR) is 117 cm³/mol. The number of benzene rings is 2. The normalized spacial score (nSPS) is 10.7. The second kappa shape index (κ2) is 8.70. The molecule has 3 rings (SSSR count). The summed E-state index contributed by atoms with van der Waals surface area (Å²) in [5, 5.41) is 7.41. The monoisotopic (exact) mass is 373 g/mol. The number of hydrogen-bond donors (Lipinski definition) is 2. The topological polar surface area (TPSA) is 54.0 Å². The van der Waals surface area contributed by atoms with Crippen molar-refractivity contribution in [1.29, 1.82) is 0 Å². The molecule has 2 N–H and O–H groups in total. The fourth-order valence-electron chi connectivity index (χ4n) is 3.29. The molecule has 0 bridgehead atoms. The summed E-state index contributed by atoms with van der Waals surface area (Å²) >= 11 is 0. The molecule has 4 heteroatoms. The van der Waals surface area contributed by atoms with Gasteiger partial charge in [0, 0.05) is 23.8 Å². The summed E-state index contributed by atoms with van der Waals surface area (Å²) in [5.74, 6) is -0.157. The van der Waals surface area contributed by atoms with Crippen LogP contribution in [0.15, 0.2) is 60.8 Å². The molecule has 0 fully saturated rings. The Hall–Kier alpha value is -3.14. The van der Waals surface area contributed by atoms with Crippen molar-refractivity contribution in [2.45, 2.75) is 33.6 Å². The molecular formula is C24H27N3O. The Labute approximate surface area is 166 Å². The van der Waals surface area contributed by atoms with Crippen LogP contribution in [0.3, 0.4) is 0 Å². The van der Waals surface area contributed by atoms with E-state index in [0.717, 1.165) is 40.7 Å². The highest BCUT2D eigenvalue weighted by Crippen LogP contribution is 2.32. The van der Waals surface area contributed by atoms with E-state index < -0.39 is 0 Å². The number of carbonyl (C=O) groups is 1. The van der Waals surface area contributed by atoms with Gasteiger partial charge in [-0.3, -0.25) is 9.78 Å². The van der Waals surface area contributed by atoms with Crippen molar-refractivity contribution < 1.29 is 4.79 Å². The molecule has 1 amide bonds. The molecule has 144 valence electrons. The number of nitrogens with one attached hydrogen (secondary N) is 2. The Morgan fingerprint density at radius 1 is 1.04 bits per heavy atom. The van der Waals surface area contributed by atoms with Crippen molar-refractivity contribution in [3.05, 3.63) is 77.5 Å². The van der Waals surface area contributed by atoms with E-state index in [0.29, 0.717) is 12.1 Å². The highest BCUT2D eigenvalue weighted by molar-refractivity contribution is 6.08. The third-order valence-corrected chi connectivity index (χ3v) is 4.82. The van der Waals surface area contributed by atoms with Crippen LogP contribution in [0.1, 0.15) is 42.3 Å². The van der Waals surface area contributed by atoms with Gasteiger partial charge < -0.3 is 10.6 Å². The van der Waals surface area contributed by atoms with Gasteiger partial charge in [0.25, 0.3) is 5.91 Å². The number of aryl methyl sites for hydroxylation is 2. The maximum Gasteiger partial charge on any atom is 0.255 e. The number of para-hydroxylation sites is 2. The number of nitrogens with zero attached hydrogens (tertiary/aromatic N) is 1. The number of rotatable bonds is 7. The maximum atomic E-state index is 12.9. The number of fused-ring (bicyclic) bond motifs is 1. The summed E-state index contributed by atoms with van der Waals surface area (Å²) in [4.78, 5) is 17.5. The second-order valence-corrected chi connectivity index (χ2v) is 6.99. The third-order valence-electron chi connectivity index (χ3n) is 4.82. The van der Waals surface area contributed by atoms with E-state index in [-0.39, 0.29) is 5.91 Å². The zero-order chi connectivity index (χ0) is 20.1. The number of hydrogen-bond acceptors (Lipinski definition) is 3. The van der Waals surface area contributed by atoms with Crippen molar-refractivity contribution in [2.75, 3.05) is 11.9 Å². The van der Waals surface area contributed by atoms with E-state index in [2.05, 4.69) is 48.2 Å². The van der Waals surface area contributed by atoms with Gasteiger partial charge in [0.2, 0.25) is 0 Å². The van der Waals surface area contributed by atoms with Crippen molar-refractivity contribution in [1.82, 2.24) is 10.3 Å². The van der Waals surface area contributed by atoms with Gasteiger partial charge in [-0.25, -0.2) is 0 Å². The molecule has 2 aromatic carbocycles. The molecule has 0 aliphatic rings. The molecule has 0 radical (unpaired) electrons. The summed E-state index contributed by atoms with van der Waals surface area (Å²) in [6, 6.07) is 14.3. The van der Waals surface area contributed by atoms with Gasteiger partial charge >= 0.3 is 0 Å². The predicted octanol–water partition coefficient (Wildman–Crippen LogP) is 5.41. The Morgan fingerprint density at radius 2 is 1.75 bits per heavy atom. The minimum Gasteiger partial charge on any atom is -0.354 e. The van der Waals surface area contributed by atoms with Crippen LogP contribution >= 0.6 is 0 Å². The van der Waals surface area contributed by atoms with Crippen molar-refractivity contribution in [2.24, 2.45) is 0 Å². The average molecular weight is 374 g/mol. The van der Waals surface area contributed by atoms with Gasteiger partial charge in [-0.15, -0.1) is 0 Å². The van der Waals surface area contributed by atoms with Crippen molar-refractivity contribution in [3.63, 3.8) is 0 Å². The quantitative estimate of drug-likeness (QED) is 0.545. The fourth-order valence-corrected chi connectivity index (χ4v) is 3.29. The van der Waals surface area contributed by atoms with Crippen LogP contribution in [-0.4, -0.2) is 17.4 Å². The van der Waals surface area contributed by atoms with E-state index in [1.54, 1.807) is 6.20 Å². The first-order valence-electron chi connectivity index (χ1n) is 9.73.